The Labute approximate surface area is 134 Å². The maximum atomic E-state index is 12.4. The van der Waals surface area contributed by atoms with Crippen molar-refractivity contribution in [1.29, 1.82) is 0 Å². The van der Waals surface area contributed by atoms with Gasteiger partial charge in [0.15, 0.2) is 0 Å². The fourth-order valence-corrected chi connectivity index (χ4v) is 2.23. The number of fused-ring (bicyclic) bond motifs is 1. The molecule has 6 nitrogen and oxygen atoms in total. The molecule has 0 spiro atoms. The number of methoxy groups -OCH3 is 1. The molecule has 0 aliphatic carbocycles. The number of esters is 1. The van der Waals surface area contributed by atoms with Gasteiger partial charge in [0.25, 0.3) is 11.8 Å². The van der Waals surface area contributed by atoms with Gasteiger partial charge in [0.05, 0.1) is 17.7 Å². The minimum absolute atomic E-state index is 0.0146. The van der Waals surface area contributed by atoms with Crippen molar-refractivity contribution in [2.45, 2.75) is 19.4 Å². The van der Waals surface area contributed by atoms with Crippen LogP contribution in [-0.4, -0.2) is 48.5 Å². The van der Waals surface area contributed by atoms with Crippen LogP contribution in [0, 0.1) is 0 Å². The van der Waals surface area contributed by atoms with Crippen molar-refractivity contribution in [3.63, 3.8) is 0 Å². The molecule has 0 N–H and O–H groups in total. The molecule has 1 heterocycles. The molecule has 1 aromatic carbocycles. The third kappa shape index (κ3) is 3.32. The molecule has 0 bridgehead atoms. The Morgan fingerprint density at radius 1 is 1.22 bits per heavy atom. The van der Waals surface area contributed by atoms with E-state index in [9.17, 15) is 14.4 Å². The van der Waals surface area contributed by atoms with Crippen molar-refractivity contribution >= 4 is 17.8 Å². The van der Waals surface area contributed by atoms with Crippen LogP contribution in [-0.2, 0) is 14.3 Å². The van der Waals surface area contributed by atoms with Gasteiger partial charge >= 0.3 is 5.97 Å². The van der Waals surface area contributed by atoms with Crippen LogP contribution in [0.25, 0.3) is 0 Å². The van der Waals surface area contributed by atoms with Crippen molar-refractivity contribution < 1.29 is 23.9 Å². The summed E-state index contributed by atoms with van der Waals surface area (Å²) in [6, 6.07) is 6.64. The van der Waals surface area contributed by atoms with E-state index in [0.717, 1.165) is 4.90 Å². The van der Waals surface area contributed by atoms with Gasteiger partial charge in [0.2, 0.25) is 0 Å². The van der Waals surface area contributed by atoms with E-state index in [2.05, 4.69) is 6.58 Å². The fourth-order valence-electron chi connectivity index (χ4n) is 2.23. The molecule has 2 amide bonds. The predicted molar refractivity (Wildman–Crippen MR) is 83.0 cm³/mol. The normalized spacial score (nSPS) is 16.0. The van der Waals surface area contributed by atoms with Crippen LogP contribution >= 0.6 is 0 Å². The van der Waals surface area contributed by atoms with Crippen LogP contribution in [0.4, 0.5) is 0 Å². The number of rotatable bonds is 6. The maximum absolute atomic E-state index is 12.4. The molecule has 0 fully saturated rings. The lowest BCUT2D eigenvalue weighted by Crippen LogP contribution is -2.48. The van der Waals surface area contributed by atoms with Gasteiger partial charge in [-0.3, -0.25) is 14.5 Å². The first-order valence-corrected chi connectivity index (χ1v) is 7.12. The summed E-state index contributed by atoms with van der Waals surface area (Å²) in [5, 5.41) is 0. The highest BCUT2D eigenvalue weighted by Crippen LogP contribution is 2.25. The van der Waals surface area contributed by atoms with Crippen molar-refractivity contribution in [1.82, 2.24) is 4.90 Å². The van der Waals surface area contributed by atoms with Crippen LogP contribution in [0.1, 0.15) is 34.6 Å². The number of imide groups is 1. The summed E-state index contributed by atoms with van der Waals surface area (Å²) in [5.41, 5.74) is 0.00677. The van der Waals surface area contributed by atoms with E-state index in [1.54, 1.807) is 31.2 Å². The highest BCUT2D eigenvalue weighted by atomic mass is 16.6. The Morgan fingerprint density at radius 3 is 2.17 bits per heavy atom. The molecule has 1 unspecified atom stereocenters. The molecule has 0 saturated carbocycles. The fraction of sp³-hybridized carbons (Fsp3) is 0.353. The summed E-state index contributed by atoms with van der Waals surface area (Å²) in [6.07, 6.45) is 0. The Balaban J connectivity index is 2.13. The quantitative estimate of drug-likeness (QED) is 0.454. The second-order valence-corrected chi connectivity index (χ2v) is 5.75. The zero-order valence-corrected chi connectivity index (χ0v) is 13.4. The lowest BCUT2D eigenvalue weighted by molar-refractivity contribution is -0.148. The van der Waals surface area contributed by atoms with Crippen molar-refractivity contribution in [2.75, 3.05) is 20.3 Å². The minimum atomic E-state index is -1.00. The summed E-state index contributed by atoms with van der Waals surface area (Å²) < 4.78 is 10.5. The summed E-state index contributed by atoms with van der Waals surface area (Å²) in [6.45, 7) is 6.60. The topological polar surface area (TPSA) is 72.9 Å². The molecule has 122 valence electrons. The monoisotopic (exact) mass is 317 g/mol. The second kappa shape index (κ2) is 6.34. The van der Waals surface area contributed by atoms with Gasteiger partial charge in [-0.15, -0.1) is 0 Å². The molecule has 0 saturated heterocycles. The zero-order valence-electron chi connectivity index (χ0n) is 13.4. The van der Waals surface area contributed by atoms with Crippen LogP contribution in [0.15, 0.2) is 36.4 Å². The molecule has 1 aromatic rings. The van der Waals surface area contributed by atoms with Gasteiger partial charge < -0.3 is 9.47 Å². The van der Waals surface area contributed by atoms with Crippen molar-refractivity contribution in [3.8, 4) is 0 Å². The molecule has 1 atom stereocenters. The highest BCUT2D eigenvalue weighted by Gasteiger charge is 2.40. The van der Waals surface area contributed by atoms with Gasteiger partial charge in [-0.05, 0) is 26.0 Å². The zero-order chi connectivity index (χ0) is 17.2. The predicted octanol–water partition coefficient (Wildman–Crippen LogP) is 1.81. The van der Waals surface area contributed by atoms with E-state index in [1.165, 1.54) is 14.0 Å². The number of nitrogens with zero attached hydrogens (tertiary/aromatic N) is 1. The number of hydrogen-bond donors (Lipinski definition) is 0. The molecular weight excluding hydrogens is 298 g/mol. The number of ether oxygens (including phenoxy) is 2. The van der Waals surface area contributed by atoms with E-state index in [-0.39, 0.29) is 30.5 Å². The van der Waals surface area contributed by atoms with Crippen LogP contribution in [0.2, 0.25) is 0 Å². The Kier molecular flexibility index (Phi) is 4.65. The van der Waals surface area contributed by atoms with Gasteiger partial charge in [0, 0.05) is 12.7 Å². The Hall–Kier alpha value is -2.47. The Morgan fingerprint density at radius 2 is 1.74 bits per heavy atom. The Bertz CT molecular complexity index is 646. The highest BCUT2D eigenvalue weighted by molar-refractivity contribution is 6.21. The smallest absolute Gasteiger partial charge is 0.333 e. The van der Waals surface area contributed by atoms with E-state index < -0.39 is 11.6 Å². The lowest BCUT2D eigenvalue weighted by Gasteiger charge is -2.31. The lowest BCUT2D eigenvalue weighted by atomic mass is 10.1. The van der Waals surface area contributed by atoms with Crippen molar-refractivity contribution in [2.24, 2.45) is 0 Å². The summed E-state index contributed by atoms with van der Waals surface area (Å²) in [5.74, 6) is -1.30. The average Bonchev–Trinajstić information content (AvgIpc) is 2.78. The number of carbonyl (C=O) groups is 3. The summed E-state index contributed by atoms with van der Waals surface area (Å²) >= 11 is 0. The number of amides is 2. The van der Waals surface area contributed by atoms with Crippen LogP contribution in [0.5, 0.6) is 0 Å². The third-order valence-corrected chi connectivity index (χ3v) is 3.72. The first-order chi connectivity index (χ1) is 10.8. The average molecular weight is 317 g/mol. The van der Waals surface area contributed by atoms with Crippen molar-refractivity contribution in [3.05, 3.63) is 47.5 Å². The molecule has 0 radical (unpaired) electrons. The van der Waals surface area contributed by atoms with E-state index >= 15 is 0 Å². The molecule has 6 heteroatoms. The van der Waals surface area contributed by atoms with Crippen LogP contribution in [0.3, 0.4) is 0 Å². The largest absolute Gasteiger partial charge is 0.459 e. The molecule has 2 rings (SSSR count). The standard InChI is InChI=1S/C17H19NO5/c1-11(2)16(21)23-10-17(3,22-4)9-18-14(19)12-7-5-6-8-13(12)15(18)20/h5-8H,1,9-10H2,2-4H3. The first kappa shape index (κ1) is 16.9. The number of carbonyl (C=O) groups excluding carboxylic acids is 3. The summed E-state index contributed by atoms with van der Waals surface area (Å²) in [7, 11) is 1.44. The van der Waals surface area contributed by atoms with Gasteiger partial charge in [0.1, 0.15) is 12.2 Å². The second-order valence-electron chi connectivity index (χ2n) is 5.75. The van der Waals surface area contributed by atoms with E-state index in [0.29, 0.717) is 11.1 Å². The minimum Gasteiger partial charge on any atom is -0.459 e. The molecule has 23 heavy (non-hydrogen) atoms. The molecular formula is C17H19NO5. The van der Waals surface area contributed by atoms with E-state index in [4.69, 9.17) is 9.47 Å². The summed E-state index contributed by atoms with van der Waals surface area (Å²) in [4.78, 5) is 37.4. The SMILES string of the molecule is C=C(C)C(=O)OCC(C)(CN1C(=O)c2ccccc2C1=O)OC. The molecule has 0 aromatic heterocycles. The van der Waals surface area contributed by atoms with Gasteiger partial charge in [-0.1, -0.05) is 18.7 Å². The number of hydrogen-bond acceptors (Lipinski definition) is 5. The molecule has 1 aliphatic heterocycles. The van der Waals surface area contributed by atoms with Crippen LogP contribution < -0.4 is 0 Å². The third-order valence-electron chi connectivity index (χ3n) is 3.72. The number of benzene rings is 1. The first-order valence-electron chi connectivity index (χ1n) is 7.12. The van der Waals surface area contributed by atoms with Gasteiger partial charge in [-0.25, -0.2) is 4.79 Å². The van der Waals surface area contributed by atoms with Gasteiger partial charge in [-0.2, -0.15) is 0 Å². The molecule has 1 aliphatic rings. The van der Waals surface area contributed by atoms with E-state index in [1.807, 2.05) is 0 Å². The maximum Gasteiger partial charge on any atom is 0.333 e.